The smallest absolute Gasteiger partial charge is 0.252 e. The van der Waals surface area contributed by atoms with Gasteiger partial charge in [0.1, 0.15) is 0 Å². The third-order valence-electron chi connectivity index (χ3n) is 19.9. The summed E-state index contributed by atoms with van der Waals surface area (Å²) in [4.78, 5) is 5.84. The first kappa shape index (κ1) is 41.7. The zero-order valence-corrected chi connectivity index (χ0v) is 43.0. The number of nitrogens with zero attached hydrogens (tertiary/aromatic N) is 3. The fourth-order valence-corrected chi connectivity index (χ4v) is 17.1. The van der Waals surface area contributed by atoms with E-state index >= 15 is 0 Å². The van der Waals surface area contributed by atoms with E-state index in [-0.39, 0.29) is 34.0 Å². The number of benzene rings is 7. The van der Waals surface area contributed by atoms with Gasteiger partial charge >= 0.3 is 0 Å². The maximum atomic E-state index is 2.97. The van der Waals surface area contributed by atoms with Gasteiger partial charge in [0.05, 0.1) is 26.8 Å². The van der Waals surface area contributed by atoms with Gasteiger partial charge in [-0.25, -0.2) is 0 Å². The van der Waals surface area contributed by atoms with Gasteiger partial charge in [0, 0.05) is 54.7 Å². The average molecular weight is 928 g/mol. The lowest BCUT2D eigenvalue weighted by molar-refractivity contribution is 0.194. The van der Waals surface area contributed by atoms with Crippen LogP contribution in [0.25, 0.3) is 59.1 Å². The summed E-state index contributed by atoms with van der Waals surface area (Å²) >= 11 is 1.99. The molecule has 2 aliphatic carbocycles. The number of anilines is 4. The molecule has 0 spiro atoms. The minimum atomic E-state index is -0.109. The number of thiophene rings is 1. The number of fused-ring (bicyclic) bond motifs is 15. The van der Waals surface area contributed by atoms with E-state index in [1.54, 1.807) is 5.56 Å². The third-order valence-corrected chi connectivity index (χ3v) is 21.1. The molecule has 346 valence electrons. The lowest BCUT2D eigenvalue weighted by atomic mass is 9.33. The first-order valence-corrected chi connectivity index (χ1v) is 27.3. The number of hydrogen-bond donors (Lipinski definition) is 0. The second-order valence-corrected chi connectivity index (χ2v) is 25.4. The van der Waals surface area contributed by atoms with Crippen LogP contribution < -0.4 is 26.2 Å². The molecule has 6 aliphatic rings. The van der Waals surface area contributed by atoms with E-state index in [1.165, 1.54) is 160 Å². The van der Waals surface area contributed by atoms with Crippen molar-refractivity contribution in [2.75, 3.05) is 9.80 Å². The number of aryl methyl sites for hydroxylation is 1. The lowest BCUT2D eigenvalue weighted by Gasteiger charge is -2.53. The second-order valence-electron chi connectivity index (χ2n) is 24.3. The van der Waals surface area contributed by atoms with E-state index in [4.69, 9.17) is 0 Å². The standard InChI is InChI=1S/C65H62BN3S/c1-39-20-12-13-23-45(39)42-33-49-59-50(34-42)66-51-36-43(61(2,3)4)35-47-57(51)67(58-46-24-14-15-25-55(46)70-60(47)58)53-37-44(38-54(56(53)66)69(59)65(8)31-19-17-29-63(49,65)6)68-52-27-26-41(40-21-10-9-11-22-40)32-48(52)62(5)28-16-18-30-64(62,68)7/h9-15,20-27,32-38H,16-19,28-31H2,1-8H3. The van der Waals surface area contributed by atoms with Gasteiger partial charge in [0.25, 0.3) is 6.71 Å². The van der Waals surface area contributed by atoms with Crippen LogP contribution in [-0.2, 0) is 16.2 Å². The number of rotatable bonds is 3. The highest BCUT2D eigenvalue weighted by atomic mass is 32.1. The van der Waals surface area contributed by atoms with Crippen molar-refractivity contribution >= 4 is 88.4 Å². The molecule has 4 atom stereocenters. The first-order valence-electron chi connectivity index (χ1n) is 26.5. The summed E-state index contributed by atoms with van der Waals surface area (Å²) in [5, 5.41) is 2.77. The molecule has 5 heteroatoms. The average Bonchev–Trinajstić information content (AvgIpc) is 4.02. The molecule has 0 N–H and O–H groups in total. The normalized spacial score (nSPS) is 24.8. The Hall–Kier alpha value is -6.04. The SMILES string of the molecule is Cc1ccccc1-c1cc2c3c(c1)C1(C)CCCCC1(C)N3c1cc(N3c4ccc(-c5ccccc5)cc4C4(C)CCCCC34C)cc3c1B2c1cc(C(C)(C)C)cc2c4sc5ccccc5c4n-3c12. The Bertz CT molecular complexity index is 3780. The molecule has 15 rings (SSSR count). The van der Waals surface area contributed by atoms with Gasteiger partial charge in [-0.15, -0.1) is 11.3 Å². The molecule has 2 saturated carbocycles. The Morgan fingerprint density at radius 1 is 0.543 bits per heavy atom. The summed E-state index contributed by atoms with van der Waals surface area (Å²) in [7, 11) is 0. The molecule has 7 aromatic carbocycles. The van der Waals surface area contributed by atoms with Crippen LogP contribution in [0.1, 0.15) is 122 Å². The molecule has 0 amide bonds. The predicted octanol–water partition coefficient (Wildman–Crippen LogP) is 15.6. The highest BCUT2D eigenvalue weighted by Crippen LogP contribution is 2.65. The van der Waals surface area contributed by atoms with Gasteiger partial charge in [0.15, 0.2) is 0 Å². The highest BCUT2D eigenvalue weighted by Gasteiger charge is 2.63. The van der Waals surface area contributed by atoms with Gasteiger partial charge in [-0.05, 0) is 155 Å². The molecule has 0 saturated heterocycles. The Morgan fingerprint density at radius 3 is 1.99 bits per heavy atom. The van der Waals surface area contributed by atoms with Crippen molar-refractivity contribution < 1.29 is 0 Å². The van der Waals surface area contributed by atoms with Gasteiger partial charge < -0.3 is 14.4 Å². The van der Waals surface area contributed by atoms with Crippen molar-refractivity contribution in [1.29, 1.82) is 0 Å². The molecule has 2 aromatic heterocycles. The van der Waals surface area contributed by atoms with Crippen LogP contribution in [-0.4, -0.2) is 22.4 Å². The highest BCUT2D eigenvalue weighted by molar-refractivity contribution is 7.26. The number of aromatic nitrogens is 1. The molecular weight excluding hydrogens is 866 g/mol. The third kappa shape index (κ3) is 4.98. The van der Waals surface area contributed by atoms with Crippen LogP contribution >= 0.6 is 11.3 Å². The maximum Gasteiger partial charge on any atom is 0.252 e. The molecular formula is C65H62BN3S. The van der Waals surface area contributed by atoms with E-state index in [0.717, 1.165) is 6.42 Å². The molecule has 0 radical (unpaired) electrons. The van der Waals surface area contributed by atoms with Crippen molar-refractivity contribution in [3.63, 3.8) is 0 Å². The van der Waals surface area contributed by atoms with Crippen molar-refractivity contribution in [3.8, 4) is 27.9 Å². The fraction of sp³-hybridized carbons (Fsp3) is 0.323. The summed E-state index contributed by atoms with van der Waals surface area (Å²) in [6.07, 6.45) is 9.74. The van der Waals surface area contributed by atoms with Crippen LogP contribution in [0.2, 0.25) is 0 Å². The van der Waals surface area contributed by atoms with Crippen LogP contribution in [0.4, 0.5) is 22.7 Å². The van der Waals surface area contributed by atoms with E-state index in [0.29, 0.717) is 0 Å². The summed E-state index contributed by atoms with van der Waals surface area (Å²) in [6, 6.07) is 52.9. The van der Waals surface area contributed by atoms with E-state index < -0.39 is 0 Å². The minimum Gasteiger partial charge on any atom is -0.335 e. The van der Waals surface area contributed by atoms with Crippen LogP contribution in [0.5, 0.6) is 0 Å². The molecule has 4 aliphatic heterocycles. The van der Waals surface area contributed by atoms with Gasteiger partial charge in [0.2, 0.25) is 0 Å². The van der Waals surface area contributed by atoms with Crippen molar-refractivity contribution in [3.05, 3.63) is 156 Å². The molecule has 4 unspecified atom stereocenters. The van der Waals surface area contributed by atoms with Crippen molar-refractivity contribution in [1.82, 2.24) is 4.57 Å². The monoisotopic (exact) mass is 927 g/mol. The Balaban J connectivity index is 1.10. The molecule has 2 fully saturated rings. The van der Waals surface area contributed by atoms with Gasteiger partial charge in [-0.1, -0.05) is 151 Å². The summed E-state index contributed by atoms with van der Waals surface area (Å²) < 4.78 is 5.57. The Labute approximate surface area is 418 Å². The summed E-state index contributed by atoms with van der Waals surface area (Å²) in [5.74, 6) is 0. The number of hydrogen-bond acceptors (Lipinski definition) is 3. The van der Waals surface area contributed by atoms with Crippen molar-refractivity contribution in [2.45, 2.75) is 134 Å². The zero-order valence-electron chi connectivity index (χ0n) is 42.2. The van der Waals surface area contributed by atoms with Crippen LogP contribution in [0.15, 0.2) is 133 Å². The van der Waals surface area contributed by atoms with Crippen LogP contribution in [0.3, 0.4) is 0 Å². The zero-order chi connectivity index (χ0) is 47.4. The lowest BCUT2D eigenvalue weighted by Crippen LogP contribution is -2.64. The summed E-state index contributed by atoms with van der Waals surface area (Å²) in [6.45, 7) is 20.2. The molecule has 9 aromatic rings. The second kappa shape index (κ2) is 13.7. The Morgan fingerprint density at radius 2 is 1.21 bits per heavy atom. The maximum absolute atomic E-state index is 2.97. The molecule has 3 nitrogen and oxygen atoms in total. The van der Waals surface area contributed by atoms with Crippen LogP contribution in [0, 0.1) is 6.92 Å². The molecule has 6 heterocycles. The predicted molar refractivity (Wildman–Crippen MR) is 301 cm³/mol. The molecule has 70 heavy (non-hydrogen) atoms. The largest absolute Gasteiger partial charge is 0.335 e. The quantitative estimate of drug-likeness (QED) is 0.164. The fourth-order valence-electron chi connectivity index (χ4n) is 15.9. The van der Waals surface area contributed by atoms with Gasteiger partial charge in [-0.2, -0.15) is 0 Å². The van der Waals surface area contributed by atoms with Crippen molar-refractivity contribution in [2.24, 2.45) is 0 Å². The first-order chi connectivity index (χ1) is 33.7. The molecule has 0 bridgehead atoms. The van der Waals surface area contributed by atoms with Gasteiger partial charge in [-0.3, -0.25) is 0 Å². The summed E-state index contributed by atoms with van der Waals surface area (Å²) in [5.41, 5.74) is 25.1. The van der Waals surface area contributed by atoms with E-state index in [9.17, 15) is 0 Å². The van der Waals surface area contributed by atoms with E-state index in [1.807, 2.05) is 11.3 Å². The van der Waals surface area contributed by atoms with E-state index in [2.05, 4.69) is 203 Å². The topological polar surface area (TPSA) is 11.4 Å². The Kier molecular flexibility index (Phi) is 8.15. The minimum absolute atomic E-state index is 0.0121.